The maximum absolute atomic E-state index is 6.30. The molecule has 2 aromatic carbocycles. The molecule has 0 saturated heterocycles. The van der Waals surface area contributed by atoms with E-state index in [1.165, 1.54) is 0 Å². The van der Waals surface area contributed by atoms with Gasteiger partial charge in [0.05, 0.1) is 22.7 Å². The summed E-state index contributed by atoms with van der Waals surface area (Å²) in [6.45, 7) is 0. The standard InChI is InChI=1S/C29H17N7O/c1-2-6-24-20(5-1)19-9-8-18(13-22(19)29-34-33-17-35(24)29)37-28-14-25-23(15-32-28)21-10-12-30-16-26(21)36(25)27-7-3-4-11-31-27/h1-17H. The van der Waals surface area contributed by atoms with Gasteiger partial charge in [-0.25, -0.2) is 9.97 Å². The number of para-hydroxylation sites is 1. The number of aromatic nitrogens is 7. The molecular weight excluding hydrogens is 462 g/mol. The zero-order valence-electron chi connectivity index (χ0n) is 19.4. The summed E-state index contributed by atoms with van der Waals surface area (Å²) in [5, 5.41) is 13.8. The fourth-order valence-electron chi connectivity index (χ4n) is 5.16. The smallest absolute Gasteiger partial charge is 0.221 e. The summed E-state index contributed by atoms with van der Waals surface area (Å²) in [5.41, 5.74) is 3.75. The Balaban J connectivity index is 1.30. The lowest BCUT2D eigenvalue weighted by Gasteiger charge is -2.10. The molecule has 0 aliphatic heterocycles. The molecule has 0 unspecified atom stereocenters. The van der Waals surface area contributed by atoms with E-state index in [0.29, 0.717) is 11.6 Å². The topological polar surface area (TPSA) is 83.0 Å². The molecule has 0 saturated carbocycles. The molecule has 6 aromatic heterocycles. The van der Waals surface area contributed by atoms with Gasteiger partial charge >= 0.3 is 0 Å². The number of rotatable bonds is 3. The normalized spacial score (nSPS) is 11.8. The van der Waals surface area contributed by atoms with Crippen molar-refractivity contribution in [2.45, 2.75) is 0 Å². The third-order valence-electron chi connectivity index (χ3n) is 6.76. The average molecular weight is 480 g/mol. The quantitative estimate of drug-likeness (QED) is 0.284. The lowest BCUT2D eigenvalue weighted by atomic mass is 10.1. The molecule has 8 nitrogen and oxygen atoms in total. The molecule has 0 N–H and O–H groups in total. The Hall–Kier alpha value is -5.37. The molecule has 0 spiro atoms. The highest BCUT2D eigenvalue weighted by Gasteiger charge is 2.16. The minimum Gasteiger partial charge on any atom is -0.439 e. The molecule has 0 bridgehead atoms. The van der Waals surface area contributed by atoms with Gasteiger partial charge in [0.25, 0.3) is 0 Å². The Labute approximate surface area is 209 Å². The van der Waals surface area contributed by atoms with Gasteiger partial charge < -0.3 is 4.74 Å². The number of fused-ring (bicyclic) bond motifs is 9. The molecule has 0 amide bonds. The van der Waals surface area contributed by atoms with Crippen LogP contribution < -0.4 is 4.74 Å². The third-order valence-corrected chi connectivity index (χ3v) is 6.76. The van der Waals surface area contributed by atoms with Crippen molar-refractivity contribution in [3.63, 3.8) is 0 Å². The number of benzene rings is 2. The SMILES string of the molecule is c1ccc(-n2c3cnccc3c3cnc(Oc4ccc5c6ccccc6n6cnnc6c5c4)cc32)nc1. The molecule has 8 heteroatoms. The summed E-state index contributed by atoms with van der Waals surface area (Å²) in [6.07, 6.45) is 9.01. The number of pyridine rings is 4. The number of hydrogen-bond acceptors (Lipinski definition) is 6. The number of ether oxygens (including phenoxy) is 1. The van der Waals surface area contributed by atoms with E-state index in [1.54, 1.807) is 18.7 Å². The van der Waals surface area contributed by atoms with Gasteiger partial charge in [-0.2, -0.15) is 0 Å². The first-order chi connectivity index (χ1) is 18.3. The van der Waals surface area contributed by atoms with Crippen LogP contribution >= 0.6 is 0 Å². The molecule has 8 rings (SSSR count). The summed E-state index contributed by atoms with van der Waals surface area (Å²) in [5.74, 6) is 1.96. The fraction of sp³-hybridized carbons (Fsp3) is 0. The van der Waals surface area contributed by atoms with Crippen LogP contribution in [-0.2, 0) is 0 Å². The van der Waals surface area contributed by atoms with Crippen molar-refractivity contribution >= 4 is 49.1 Å². The average Bonchev–Trinajstić information content (AvgIpc) is 3.57. The Morgan fingerprint density at radius 2 is 1.57 bits per heavy atom. The summed E-state index contributed by atoms with van der Waals surface area (Å²) in [6, 6.07) is 24.1. The Kier molecular flexibility index (Phi) is 4.06. The molecular formula is C29H17N7O. The summed E-state index contributed by atoms with van der Waals surface area (Å²) < 4.78 is 10.4. The van der Waals surface area contributed by atoms with Crippen LogP contribution in [0.3, 0.4) is 0 Å². The maximum atomic E-state index is 6.30. The Morgan fingerprint density at radius 1 is 0.649 bits per heavy atom. The highest BCUT2D eigenvalue weighted by atomic mass is 16.5. The third kappa shape index (κ3) is 2.93. The largest absolute Gasteiger partial charge is 0.439 e. The molecule has 0 aliphatic rings. The highest BCUT2D eigenvalue weighted by molar-refractivity contribution is 6.12. The van der Waals surface area contributed by atoms with Crippen molar-refractivity contribution < 1.29 is 4.74 Å². The maximum Gasteiger partial charge on any atom is 0.221 e. The van der Waals surface area contributed by atoms with Gasteiger partial charge in [-0.05, 0) is 47.9 Å². The van der Waals surface area contributed by atoms with Crippen molar-refractivity contribution in [2.75, 3.05) is 0 Å². The fourth-order valence-corrected chi connectivity index (χ4v) is 5.16. The van der Waals surface area contributed by atoms with Crippen LogP contribution in [0.5, 0.6) is 11.6 Å². The van der Waals surface area contributed by atoms with Gasteiger partial charge in [0.2, 0.25) is 5.88 Å². The van der Waals surface area contributed by atoms with Gasteiger partial charge in [0.1, 0.15) is 17.9 Å². The first-order valence-electron chi connectivity index (χ1n) is 11.8. The van der Waals surface area contributed by atoms with Crippen molar-refractivity contribution in [3.8, 4) is 17.4 Å². The first kappa shape index (κ1) is 19.9. The van der Waals surface area contributed by atoms with Crippen LogP contribution in [-0.4, -0.2) is 34.1 Å². The van der Waals surface area contributed by atoms with E-state index in [1.807, 2.05) is 71.4 Å². The lowest BCUT2D eigenvalue weighted by molar-refractivity contribution is 0.464. The lowest BCUT2D eigenvalue weighted by Crippen LogP contribution is -1.97. The number of nitrogens with zero attached hydrogens (tertiary/aromatic N) is 7. The van der Waals surface area contributed by atoms with Gasteiger partial charge in [0.15, 0.2) is 5.65 Å². The predicted octanol–water partition coefficient (Wildman–Crippen LogP) is 6.11. The summed E-state index contributed by atoms with van der Waals surface area (Å²) >= 11 is 0. The first-order valence-corrected chi connectivity index (χ1v) is 11.8. The molecule has 0 radical (unpaired) electrons. The van der Waals surface area contributed by atoms with E-state index in [9.17, 15) is 0 Å². The minimum absolute atomic E-state index is 0.484. The van der Waals surface area contributed by atoms with Crippen LogP contribution in [0.1, 0.15) is 0 Å². The van der Waals surface area contributed by atoms with Crippen molar-refractivity contribution in [2.24, 2.45) is 0 Å². The van der Waals surface area contributed by atoms with Gasteiger partial charge in [-0.15, -0.1) is 10.2 Å². The summed E-state index contributed by atoms with van der Waals surface area (Å²) in [4.78, 5) is 13.6. The number of hydrogen-bond donors (Lipinski definition) is 0. The Morgan fingerprint density at radius 3 is 2.51 bits per heavy atom. The monoisotopic (exact) mass is 479 g/mol. The van der Waals surface area contributed by atoms with Crippen molar-refractivity contribution in [3.05, 3.63) is 104 Å². The van der Waals surface area contributed by atoms with Crippen LogP contribution in [0.4, 0.5) is 0 Å². The van der Waals surface area contributed by atoms with Crippen LogP contribution in [0, 0.1) is 0 Å². The molecule has 0 aliphatic carbocycles. The van der Waals surface area contributed by atoms with Gasteiger partial charge in [-0.1, -0.05) is 24.3 Å². The second-order valence-corrected chi connectivity index (χ2v) is 8.81. The van der Waals surface area contributed by atoms with E-state index in [2.05, 4.69) is 47.9 Å². The predicted molar refractivity (Wildman–Crippen MR) is 142 cm³/mol. The molecule has 6 heterocycles. The van der Waals surface area contributed by atoms with Crippen molar-refractivity contribution in [1.29, 1.82) is 0 Å². The molecule has 37 heavy (non-hydrogen) atoms. The second kappa shape index (κ2) is 7.56. The molecule has 174 valence electrons. The van der Waals surface area contributed by atoms with Crippen LogP contribution in [0.25, 0.3) is 54.9 Å². The second-order valence-electron chi connectivity index (χ2n) is 8.81. The van der Waals surface area contributed by atoms with Gasteiger partial charge in [0, 0.05) is 46.2 Å². The minimum atomic E-state index is 0.484. The van der Waals surface area contributed by atoms with Crippen LogP contribution in [0.15, 0.2) is 104 Å². The summed E-state index contributed by atoms with van der Waals surface area (Å²) in [7, 11) is 0. The zero-order valence-corrected chi connectivity index (χ0v) is 19.4. The van der Waals surface area contributed by atoms with E-state index >= 15 is 0 Å². The van der Waals surface area contributed by atoms with E-state index in [0.717, 1.165) is 54.9 Å². The Bertz CT molecular complexity index is 2130. The van der Waals surface area contributed by atoms with Gasteiger partial charge in [-0.3, -0.25) is 14.0 Å². The highest BCUT2D eigenvalue weighted by Crippen LogP contribution is 2.35. The van der Waals surface area contributed by atoms with E-state index in [-0.39, 0.29) is 0 Å². The molecule has 0 atom stereocenters. The zero-order chi connectivity index (χ0) is 24.3. The van der Waals surface area contributed by atoms with E-state index in [4.69, 9.17) is 4.74 Å². The van der Waals surface area contributed by atoms with E-state index < -0.39 is 0 Å². The molecule has 8 aromatic rings. The van der Waals surface area contributed by atoms with Crippen molar-refractivity contribution in [1.82, 2.24) is 34.1 Å². The van der Waals surface area contributed by atoms with Crippen LogP contribution in [0.2, 0.25) is 0 Å². The molecule has 0 fully saturated rings.